The number of aromatic nitrogens is 1. The number of likely N-dealkylation sites (tertiary alicyclic amines) is 1. The van der Waals surface area contributed by atoms with E-state index in [9.17, 15) is 26.7 Å². The Kier molecular flexibility index (Phi) is 9.93. The highest BCUT2D eigenvalue weighted by Gasteiger charge is 2.30. The van der Waals surface area contributed by atoms with Crippen LogP contribution in [-0.4, -0.2) is 87.5 Å². The van der Waals surface area contributed by atoms with E-state index in [-0.39, 0.29) is 35.5 Å². The minimum atomic E-state index is -4.44. The van der Waals surface area contributed by atoms with E-state index in [1.165, 1.54) is 22.8 Å². The van der Waals surface area contributed by atoms with Gasteiger partial charge in [-0.1, -0.05) is 12.0 Å². The van der Waals surface area contributed by atoms with Crippen LogP contribution in [0.1, 0.15) is 18.5 Å². The molecule has 2 heterocycles. The van der Waals surface area contributed by atoms with E-state index in [1.54, 1.807) is 25.3 Å². The van der Waals surface area contributed by atoms with Crippen LogP contribution < -0.4 is 16.4 Å². The van der Waals surface area contributed by atoms with Crippen molar-refractivity contribution in [2.75, 3.05) is 62.5 Å². The van der Waals surface area contributed by atoms with Crippen LogP contribution in [0.3, 0.4) is 0 Å². The third-order valence-corrected chi connectivity index (χ3v) is 8.20. The number of aliphatic hydroxyl groups excluding tert-OH is 1. The molecule has 0 radical (unpaired) electrons. The maximum atomic E-state index is 13.6. The number of hydrogen-bond acceptors (Lipinski definition) is 8. The van der Waals surface area contributed by atoms with Gasteiger partial charge in [0, 0.05) is 50.1 Å². The van der Waals surface area contributed by atoms with Crippen LogP contribution in [0.4, 0.5) is 30.2 Å². The SMILES string of the molecule is COCC(O)CN1CCC(Nc2cccc3c2cc(C#CCNc2ccc(S(C)(=O)=O)cc2N)n3CC(F)(F)F)CC1. The maximum Gasteiger partial charge on any atom is 0.406 e. The number of alkyl halides is 3. The van der Waals surface area contributed by atoms with Gasteiger partial charge in [0.15, 0.2) is 9.84 Å². The van der Waals surface area contributed by atoms with Crippen molar-refractivity contribution in [2.24, 2.45) is 0 Å². The number of methoxy groups -OCH3 is 1. The number of nitrogen functional groups attached to an aromatic ring is 1. The quantitative estimate of drug-likeness (QED) is 0.204. The topological polar surface area (TPSA) is 122 Å². The minimum absolute atomic E-state index is 0.0821. The second-order valence-corrected chi connectivity index (χ2v) is 12.5. The largest absolute Gasteiger partial charge is 0.406 e. The molecule has 1 aromatic heterocycles. The Morgan fingerprint density at radius 2 is 1.90 bits per heavy atom. The van der Waals surface area contributed by atoms with Gasteiger partial charge in [-0.25, -0.2) is 8.42 Å². The number of nitrogens with two attached hydrogens (primary N) is 1. The first kappa shape index (κ1) is 31.5. The van der Waals surface area contributed by atoms with Crippen molar-refractivity contribution in [3.63, 3.8) is 0 Å². The lowest BCUT2D eigenvalue weighted by molar-refractivity contribution is -0.140. The van der Waals surface area contributed by atoms with Gasteiger partial charge in [-0.3, -0.25) is 0 Å². The molecule has 0 spiro atoms. The predicted molar refractivity (Wildman–Crippen MR) is 158 cm³/mol. The number of ether oxygens (including phenoxy) is 1. The number of nitrogens with one attached hydrogen (secondary N) is 2. The molecule has 1 fully saturated rings. The van der Waals surface area contributed by atoms with Crippen molar-refractivity contribution in [3.05, 3.63) is 48.2 Å². The summed E-state index contributed by atoms with van der Waals surface area (Å²) < 4.78 is 70.3. The van der Waals surface area contributed by atoms with Gasteiger partial charge < -0.3 is 35.7 Å². The smallest absolute Gasteiger partial charge is 0.397 e. The number of benzene rings is 2. The lowest BCUT2D eigenvalue weighted by Gasteiger charge is -2.34. The Labute approximate surface area is 243 Å². The molecule has 1 aliphatic rings. The maximum absolute atomic E-state index is 13.6. The van der Waals surface area contributed by atoms with Crippen LogP contribution in [-0.2, 0) is 21.1 Å². The van der Waals surface area contributed by atoms with Crippen LogP contribution in [0.5, 0.6) is 0 Å². The second-order valence-electron chi connectivity index (χ2n) is 10.5. The van der Waals surface area contributed by atoms with Gasteiger partial charge in [-0.15, -0.1) is 0 Å². The van der Waals surface area contributed by atoms with Crippen LogP contribution in [0.15, 0.2) is 47.4 Å². The van der Waals surface area contributed by atoms with Crippen LogP contribution >= 0.6 is 0 Å². The molecule has 1 atom stereocenters. The van der Waals surface area contributed by atoms with Gasteiger partial charge in [0.2, 0.25) is 0 Å². The number of nitrogens with zero attached hydrogens (tertiary/aromatic N) is 2. The first-order chi connectivity index (χ1) is 19.8. The minimum Gasteiger partial charge on any atom is -0.397 e. The number of β-amino-alcohol motifs (C(OH)–C–C–N with tert-alkyl or cyclic N) is 1. The monoisotopic (exact) mass is 607 g/mol. The summed E-state index contributed by atoms with van der Waals surface area (Å²) in [6.45, 7) is 1.29. The van der Waals surface area contributed by atoms with Crippen molar-refractivity contribution >= 4 is 37.8 Å². The van der Waals surface area contributed by atoms with E-state index in [2.05, 4.69) is 27.4 Å². The third kappa shape index (κ3) is 8.32. The summed E-state index contributed by atoms with van der Waals surface area (Å²) in [6.07, 6.45) is -2.26. The molecule has 5 N–H and O–H groups in total. The molecule has 0 bridgehead atoms. The second kappa shape index (κ2) is 13.2. The van der Waals surface area contributed by atoms with Crippen molar-refractivity contribution in [1.29, 1.82) is 0 Å². The Balaban J connectivity index is 1.50. The lowest BCUT2D eigenvalue weighted by Crippen LogP contribution is -2.43. The summed E-state index contributed by atoms with van der Waals surface area (Å²) in [7, 11) is -1.86. The number of rotatable bonds is 10. The lowest BCUT2D eigenvalue weighted by atomic mass is 10.0. The average molecular weight is 608 g/mol. The van der Waals surface area contributed by atoms with Gasteiger partial charge in [-0.05, 0) is 55.2 Å². The number of anilines is 3. The summed E-state index contributed by atoms with van der Waals surface area (Å²) in [4.78, 5) is 2.27. The predicted octanol–water partition coefficient (Wildman–Crippen LogP) is 3.54. The number of hydrogen-bond donors (Lipinski definition) is 4. The van der Waals surface area contributed by atoms with Crippen LogP contribution in [0.25, 0.3) is 10.9 Å². The molecule has 228 valence electrons. The van der Waals surface area contributed by atoms with Crippen molar-refractivity contribution in [2.45, 2.75) is 42.6 Å². The van der Waals surface area contributed by atoms with Crippen molar-refractivity contribution < 1.29 is 31.4 Å². The normalized spacial score (nSPS) is 15.8. The van der Waals surface area contributed by atoms with Crippen molar-refractivity contribution in [3.8, 4) is 11.8 Å². The molecule has 0 saturated carbocycles. The zero-order valence-electron chi connectivity index (χ0n) is 23.5. The van der Waals surface area contributed by atoms with Gasteiger partial charge in [0.05, 0.1) is 46.7 Å². The van der Waals surface area contributed by atoms with Gasteiger partial charge in [0.1, 0.15) is 6.54 Å². The average Bonchev–Trinajstić information content (AvgIpc) is 3.24. The first-order valence-electron chi connectivity index (χ1n) is 13.5. The zero-order valence-corrected chi connectivity index (χ0v) is 24.4. The number of aliphatic hydroxyl groups is 1. The molecular formula is C29H36F3N5O4S. The summed E-state index contributed by atoms with van der Waals surface area (Å²) >= 11 is 0. The molecule has 1 unspecified atom stereocenters. The molecule has 9 nitrogen and oxygen atoms in total. The third-order valence-electron chi connectivity index (χ3n) is 7.09. The summed E-state index contributed by atoms with van der Waals surface area (Å²) in [5.74, 6) is 5.72. The number of fused-ring (bicyclic) bond motifs is 1. The van der Waals surface area contributed by atoms with Crippen LogP contribution in [0, 0.1) is 11.8 Å². The Hall–Kier alpha value is -3.44. The van der Waals surface area contributed by atoms with Gasteiger partial charge in [0.25, 0.3) is 0 Å². The van der Waals surface area contributed by atoms with E-state index in [4.69, 9.17) is 10.5 Å². The first-order valence-corrected chi connectivity index (χ1v) is 15.4. The fourth-order valence-electron chi connectivity index (χ4n) is 5.09. The van der Waals surface area contributed by atoms with E-state index in [0.29, 0.717) is 23.1 Å². The number of halogens is 3. The Morgan fingerprint density at radius 1 is 1.17 bits per heavy atom. The molecule has 13 heteroatoms. The van der Waals surface area contributed by atoms with Gasteiger partial charge >= 0.3 is 6.18 Å². The highest BCUT2D eigenvalue weighted by Crippen LogP contribution is 2.31. The summed E-state index contributed by atoms with van der Waals surface area (Å²) in [6, 6.07) is 11.3. The van der Waals surface area contributed by atoms with E-state index < -0.39 is 28.7 Å². The Bertz CT molecular complexity index is 1550. The summed E-state index contributed by atoms with van der Waals surface area (Å²) in [5.41, 5.74) is 8.04. The van der Waals surface area contributed by atoms with E-state index >= 15 is 0 Å². The standard InChI is InChI=1S/C29H36F3N5O4S/c1-41-18-22(38)17-36-13-10-20(11-14-36)35-26-6-3-7-28-24(26)15-21(37(28)19-29(30,31)32)5-4-12-34-27-9-8-23(16-25(27)33)42(2,39)40/h3,6-9,15-16,20,22,34-35,38H,10-14,17-19,33H2,1-2H3. The molecule has 4 rings (SSSR count). The molecular weight excluding hydrogens is 571 g/mol. The molecule has 1 saturated heterocycles. The number of sulfone groups is 1. The van der Waals surface area contributed by atoms with E-state index in [1.807, 2.05) is 6.07 Å². The highest BCUT2D eigenvalue weighted by molar-refractivity contribution is 7.90. The van der Waals surface area contributed by atoms with E-state index in [0.717, 1.165) is 37.9 Å². The highest BCUT2D eigenvalue weighted by atomic mass is 32.2. The van der Waals surface area contributed by atoms with Crippen LogP contribution in [0.2, 0.25) is 0 Å². The number of piperidine rings is 1. The Morgan fingerprint density at radius 3 is 2.55 bits per heavy atom. The molecule has 0 amide bonds. The zero-order chi connectivity index (χ0) is 30.5. The fraction of sp³-hybridized carbons (Fsp3) is 0.448. The summed E-state index contributed by atoms with van der Waals surface area (Å²) in [5, 5.41) is 17.2. The molecule has 1 aliphatic heterocycles. The van der Waals surface area contributed by atoms with Crippen molar-refractivity contribution in [1.82, 2.24) is 9.47 Å². The van der Waals surface area contributed by atoms with Gasteiger partial charge in [-0.2, -0.15) is 13.2 Å². The molecule has 0 aliphatic carbocycles. The molecule has 42 heavy (non-hydrogen) atoms. The molecule has 3 aromatic rings. The molecule has 2 aromatic carbocycles. The fourth-order valence-corrected chi connectivity index (χ4v) is 5.75.